The number of amides is 1. The molecule has 5 nitrogen and oxygen atoms in total. The topological polar surface area (TPSA) is 80.9 Å². The number of anilines is 2. The summed E-state index contributed by atoms with van der Waals surface area (Å²) in [6, 6.07) is 18.2. The van der Waals surface area contributed by atoms with Crippen LogP contribution in [0.2, 0.25) is 0 Å². The van der Waals surface area contributed by atoms with Crippen molar-refractivity contribution in [3.63, 3.8) is 0 Å². The minimum absolute atomic E-state index is 0.296. The highest BCUT2D eigenvalue weighted by atomic mass is 16.1. The molecule has 0 atom stereocenters. The number of carbonyl (C=O) groups is 1. The summed E-state index contributed by atoms with van der Waals surface area (Å²) in [4.78, 5) is 20.3. The Balaban J connectivity index is 1.77. The molecule has 28 heavy (non-hydrogen) atoms. The molecule has 0 unspecified atom stereocenters. The second kappa shape index (κ2) is 8.21. The van der Waals surface area contributed by atoms with Crippen LogP contribution in [-0.2, 0) is 17.6 Å². The number of hydrogen-bond acceptors (Lipinski definition) is 4. The summed E-state index contributed by atoms with van der Waals surface area (Å²) in [7, 11) is 0. The standard InChI is InChI=1S/C23H26N4O/c1-4-17-7-5-6-8-19(17)20-13-21(26-15-25-20)27-18-11-9-16(10-12-18)14-23(2,3)22(24)28/h5-13,15H,4,14H2,1-3H3,(H2,24,28)(H,25,26,27). The van der Waals surface area contributed by atoms with Crippen LogP contribution in [0, 0.1) is 5.41 Å². The van der Waals surface area contributed by atoms with Crippen molar-refractivity contribution in [1.82, 2.24) is 9.97 Å². The molecule has 3 rings (SSSR count). The van der Waals surface area contributed by atoms with E-state index < -0.39 is 5.41 Å². The number of carbonyl (C=O) groups excluding carboxylic acids is 1. The number of nitrogens with one attached hydrogen (secondary N) is 1. The average molecular weight is 374 g/mol. The number of nitrogens with zero attached hydrogens (tertiary/aromatic N) is 2. The van der Waals surface area contributed by atoms with Gasteiger partial charge in [0.05, 0.1) is 5.69 Å². The summed E-state index contributed by atoms with van der Waals surface area (Å²) < 4.78 is 0. The number of aromatic nitrogens is 2. The molecule has 0 radical (unpaired) electrons. The van der Waals surface area contributed by atoms with E-state index >= 15 is 0 Å². The smallest absolute Gasteiger partial charge is 0.223 e. The zero-order valence-electron chi connectivity index (χ0n) is 16.6. The summed E-state index contributed by atoms with van der Waals surface area (Å²) in [5, 5.41) is 3.32. The van der Waals surface area contributed by atoms with Crippen molar-refractivity contribution >= 4 is 17.4 Å². The highest BCUT2D eigenvalue weighted by molar-refractivity contribution is 5.80. The minimum Gasteiger partial charge on any atom is -0.369 e. The lowest BCUT2D eigenvalue weighted by atomic mass is 9.85. The van der Waals surface area contributed by atoms with E-state index in [4.69, 9.17) is 5.73 Å². The van der Waals surface area contributed by atoms with E-state index in [0.717, 1.165) is 34.7 Å². The molecule has 3 N–H and O–H groups in total. The van der Waals surface area contributed by atoms with Gasteiger partial charge in [-0.3, -0.25) is 4.79 Å². The zero-order chi connectivity index (χ0) is 20.1. The Bertz CT molecular complexity index is 964. The van der Waals surface area contributed by atoms with Crippen molar-refractivity contribution in [1.29, 1.82) is 0 Å². The van der Waals surface area contributed by atoms with Crippen molar-refractivity contribution in [2.24, 2.45) is 11.1 Å². The Morgan fingerprint density at radius 2 is 1.79 bits per heavy atom. The lowest BCUT2D eigenvalue weighted by Gasteiger charge is -2.20. The van der Waals surface area contributed by atoms with E-state index in [1.54, 1.807) is 6.33 Å². The summed E-state index contributed by atoms with van der Waals surface area (Å²) in [5.41, 5.74) is 10.2. The highest BCUT2D eigenvalue weighted by Gasteiger charge is 2.25. The summed E-state index contributed by atoms with van der Waals surface area (Å²) in [5.74, 6) is 0.441. The molecule has 0 bridgehead atoms. The summed E-state index contributed by atoms with van der Waals surface area (Å²) in [6.07, 6.45) is 3.13. The molecule has 1 aromatic heterocycles. The van der Waals surface area contributed by atoms with Gasteiger partial charge in [0.15, 0.2) is 0 Å². The largest absolute Gasteiger partial charge is 0.369 e. The van der Waals surface area contributed by atoms with Crippen LogP contribution in [0.4, 0.5) is 11.5 Å². The minimum atomic E-state index is -0.566. The van der Waals surface area contributed by atoms with Crippen LogP contribution >= 0.6 is 0 Å². The van der Waals surface area contributed by atoms with Crippen LogP contribution in [0.1, 0.15) is 31.9 Å². The first kappa shape index (κ1) is 19.5. The Kier molecular flexibility index (Phi) is 5.73. The maximum atomic E-state index is 11.5. The van der Waals surface area contributed by atoms with Gasteiger partial charge in [0.1, 0.15) is 12.1 Å². The SMILES string of the molecule is CCc1ccccc1-c1cc(Nc2ccc(CC(C)(C)C(N)=O)cc2)ncn1. The lowest BCUT2D eigenvalue weighted by molar-refractivity contribution is -0.125. The second-order valence-electron chi connectivity index (χ2n) is 7.55. The molecule has 0 saturated heterocycles. The number of primary amides is 1. The van der Waals surface area contributed by atoms with Crippen LogP contribution in [0.15, 0.2) is 60.9 Å². The maximum Gasteiger partial charge on any atom is 0.223 e. The normalized spacial score (nSPS) is 11.2. The number of rotatable bonds is 7. The molecule has 0 aliphatic heterocycles. The van der Waals surface area contributed by atoms with E-state index in [1.807, 2.05) is 56.3 Å². The molecule has 2 aromatic carbocycles. The first-order chi connectivity index (χ1) is 13.4. The average Bonchev–Trinajstić information content (AvgIpc) is 2.69. The third-order valence-electron chi connectivity index (χ3n) is 4.88. The van der Waals surface area contributed by atoms with Gasteiger partial charge in [-0.15, -0.1) is 0 Å². The van der Waals surface area contributed by atoms with Crippen molar-refractivity contribution in [2.75, 3.05) is 5.32 Å². The maximum absolute atomic E-state index is 11.5. The van der Waals surface area contributed by atoms with Gasteiger partial charge in [-0.1, -0.05) is 57.2 Å². The van der Waals surface area contributed by atoms with Gasteiger partial charge in [0.2, 0.25) is 5.91 Å². The molecule has 0 saturated carbocycles. The number of hydrogen-bond donors (Lipinski definition) is 2. The van der Waals surface area contributed by atoms with Crippen LogP contribution in [-0.4, -0.2) is 15.9 Å². The monoisotopic (exact) mass is 374 g/mol. The Morgan fingerprint density at radius 3 is 2.46 bits per heavy atom. The fourth-order valence-corrected chi connectivity index (χ4v) is 3.10. The number of benzene rings is 2. The van der Waals surface area contributed by atoms with Gasteiger partial charge >= 0.3 is 0 Å². The molecule has 3 aromatic rings. The molecule has 0 aliphatic rings. The Morgan fingerprint density at radius 1 is 1.07 bits per heavy atom. The van der Waals surface area contributed by atoms with Crippen LogP contribution in [0.5, 0.6) is 0 Å². The third-order valence-corrected chi connectivity index (χ3v) is 4.88. The first-order valence-corrected chi connectivity index (χ1v) is 9.45. The predicted molar refractivity (Wildman–Crippen MR) is 113 cm³/mol. The van der Waals surface area contributed by atoms with Crippen LogP contribution < -0.4 is 11.1 Å². The fourth-order valence-electron chi connectivity index (χ4n) is 3.10. The molecule has 0 fully saturated rings. The molecule has 144 valence electrons. The molecule has 1 amide bonds. The van der Waals surface area contributed by atoms with Gasteiger partial charge < -0.3 is 11.1 Å². The van der Waals surface area contributed by atoms with E-state index in [0.29, 0.717) is 6.42 Å². The Labute approximate surface area is 166 Å². The van der Waals surface area contributed by atoms with E-state index in [2.05, 4.69) is 34.3 Å². The Hall–Kier alpha value is -3.21. The molecule has 0 aliphatic carbocycles. The van der Waals surface area contributed by atoms with Crippen molar-refractivity contribution in [2.45, 2.75) is 33.6 Å². The quantitative estimate of drug-likeness (QED) is 0.638. The predicted octanol–water partition coefficient (Wildman–Crippen LogP) is 4.50. The second-order valence-corrected chi connectivity index (χ2v) is 7.55. The van der Waals surface area contributed by atoms with E-state index in [1.165, 1.54) is 5.56 Å². The zero-order valence-corrected chi connectivity index (χ0v) is 16.6. The van der Waals surface area contributed by atoms with Crippen LogP contribution in [0.3, 0.4) is 0 Å². The molecular weight excluding hydrogens is 348 g/mol. The van der Waals surface area contributed by atoms with E-state index in [-0.39, 0.29) is 5.91 Å². The highest BCUT2D eigenvalue weighted by Crippen LogP contribution is 2.26. The third kappa shape index (κ3) is 4.55. The van der Waals surface area contributed by atoms with Gasteiger partial charge in [0.25, 0.3) is 0 Å². The molecule has 5 heteroatoms. The van der Waals surface area contributed by atoms with Gasteiger partial charge in [-0.05, 0) is 36.1 Å². The molecule has 0 spiro atoms. The van der Waals surface area contributed by atoms with Gasteiger partial charge in [-0.25, -0.2) is 9.97 Å². The number of nitrogens with two attached hydrogens (primary N) is 1. The van der Waals surface area contributed by atoms with E-state index in [9.17, 15) is 4.79 Å². The van der Waals surface area contributed by atoms with Crippen molar-refractivity contribution in [3.8, 4) is 11.3 Å². The van der Waals surface area contributed by atoms with Crippen molar-refractivity contribution in [3.05, 3.63) is 72.1 Å². The van der Waals surface area contributed by atoms with Gasteiger partial charge in [-0.2, -0.15) is 0 Å². The molecular formula is C23H26N4O. The lowest BCUT2D eigenvalue weighted by Crippen LogP contribution is -2.33. The fraction of sp³-hybridized carbons (Fsp3) is 0.261. The first-order valence-electron chi connectivity index (χ1n) is 9.45. The summed E-state index contributed by atoms with van der Waals surface area (Å²) in [6.45, 7) is 5.86. The van der Waals surface area contributed by atoms with Crippen LogP contribution in [0.25, 0.3) is 11.3 Å². The summed E-state index contributed by atoms with van der Waals surface area (Å²) >= 11 is 0. The number of aryl methyl sites for hydroxylation is 1. The molecule has 1 heterocycles. The van der Waals surface area contributed by atoms with Gasteiger partial charge in [0, 0.05) is 22.7 Å². The van der Waals surface area contributed by atoms with Crippen molar-refractivity contribution < 1.29 is 4.79 Å².